The van der Waals surface area contributed by atoms with Gasteiger partial charge in [0, 0.05) is 47.0 Å². The largest absolute Gasteiger partial charge is 0.491 e. The molecule has 0 radical (unpaired) electrons. The van der Waals surface area contributed by atoms with Crippen molar-refractivity contribution < 1.29 is 4.74 Å². The Bertz CT molecular complexity index is 1720. The highest BCUT2D eigenvalue weighted by molar-refractivity contribution is 6.00. The number of nitrogens with one attached hydrogen (secondary N) is 2. The number of fused-ring (bicyclic) bond motifs is 2. The zero-order valence-corrected chi connectivity index (χ0v) is 20.8. The van der Waals surface area contributed by atoms with Gasteiger partial charge in [0.2, 0.25) is 0 Å². The first-order valence-electron chi connectivity index (χ1n) is 12.9. The minimum absolute atomic E-state index is 0.652. The molecule has 9 heteroatoms. The van der Waals surface area contributed by atoms with E-state index in [1.165, 1.54) is 12.8 Å². The second-order valence-electron chi connectivity index (χ2n) is 9.51. The van der Waals surface area contributed by atoms with Gasteiger partial charge in [-0.15, -0.1) is 0 Å². The standard InChI is InChI=1S/C29H26N8O/c1-2-7-31-24(5-1)28-21-15-26(34-23(21)6-8-32-28)29-22-14-25(33-18-27(22)35-36-29)19-13-20(17-30-16-19)38-12-11-37-9-3-4-10-37/h1-2,5-8,13-18,34H,3-4,9-12H2,(H,35,36). The highest BCUT2D eigenvalue weighted by atomic mass is 16.5. The summed E-state index contributed by atoms with van der Waals surface area (Å²) in [7, 11) is 0. The van der Waals surface area contributed by atoms with Crippen LogP contribution in [0.4, 0.5) is 0 Å². The fraction of sp³-hybridized carbons (Fsp3) is 0.207. The molecule has 38 heavy (non-hydrogen) atoms. The van der Waals surface area contributed by atoms with Crippen LogP contribution in [0, 0.1) is 0 Å². The van der Waals surface area contributed by atoms with Crippen LogP contribution in [0.5, 0.6) is 5.75 Å². The third-order valence-electron chi connectivity index (χ3n) is 7.04. The average Bonchev–Trinajstić information content (AvgIpc) is 3.73. The predicted octanol–water partition coefficient (Wildman–Crippen LogP) is 5.10. The van der Waals surface area contributed by atoms with Gasteiger partial charge in [-0.1, -0.05) is 6.07 Å². The van der Waals surface area contributed by atoms with E-state index in [0.29, 0.717) is 6.61 Å². The van der Waals surface area contributed by atoms with Crippen LogP contribution in [0.3, 0.4) is 0 Å². The Kier molecular flexibility index (Phi) is 5.75. The molecule has 7 rings (SSSR count). The van der Waals surface area contributed by atoms with E-state index in [0.717, 1.165) is 81.2 Å². The van der Waals surface area contributed by atoms with Crippen molar-refractivity contribution in [2.24, 2.45) is 0 Å². The van der Waals surface area contributed by atoms with Gasteiger partial charge >= 0.3 is 0 Å². The van der Waals surface area contributed by atoms with Gasteiger partial charge in [0.05, 0.1) is 40.7 Å². The van der Waals surface area contributed by atoms with Crippen LogP contribution >= 0.6 is 0 Å². The van der Waals surface area contributed by atoms with E-state index >= 15 is 0 Å². The number of aromatic nitrogens is 7. The molecule has 1 aliphatic heterocycles. The first-order valence-corrected chi connectivity index (χ1v) is 12.9. The Morgan fingerprint density at radius 1 is 0.816 bits per heavy atom. The van der Waals surface area contributed by atoms with E-state index in [2.05, 4.69) is 46.1 Å². The molecule has 7 heterocycles. The number of rotatable bonds is 7. The molecular formula is C29H26N8O. The van der Waals surface area contributed by atoms with E-state index in [9.17, 15) is 0 Å². The molecule has 0 bridgehead atoms. The van der Waals surface area contributed by atoms with Crippen LogP contribution in [0.15, 0.2) is 73.4 Å². The Labute approximate surface area is 219 Å². The molecule has 2 N–H and O–H groups in total. The minimum Gasteiger partial charge on any atom is -0.491 e. The van der Waals surface area contributed by atoms with Crippen molar-refractivity contribution in [1.29, 1.82) is 0 Å². The monoisotopic (exact) mass is 502 g/mol. The molecule has 0 saturated carbocycles. The smallest absolute Gasteiger partial charge is 0.138 e. The SMILES string of the molecule is c1ccc(-c2nccc3[nH]c(-c4n[nH]c5cnc(-c6cncc(OCCN7CCCC7)c6)cc45)cc23)nc1. The number of aromatic amines is 2. The molecule has 1 saturated heterocycles. The Hall–Kier alpha value is -4.63. The van der Waals surface area contributed by atoms with E-state index < -0.39 is 0 Å². The lowest BCUT2D eigenvalue weighted by atomic mass is 10.1. The van der Waals surface area contributed by atoms with Crippen molar-refractivity contribution in [1.82, 2.24) is 40.0 Å². The topological polar surface area (TPSA) is 108 Å². The maximum absolute atomic E-state index is 6.01. The maximum atomic E-state index is 6.01. The molecule has 9 nitrogen and oxygen atoms in total. The summed E-state index contributed by atoms with van der Waals surface area (Å²) in [5.41, 5.74) is 6.92. The van der Waals surface area contributed by atoms with Gasteiger partial charge in [0.25, 0.3) is 0 Å². The molecule has 6 aromatic rings. The fourth-order valence-corrected chi connectivity index (χ4v) is 5.10. The second kappa shape index (κ2) is 9.68. The summed E-state index contributed by atoms with van der Waals surface area (Å²) in [5.74, 6) is 0.751. The summed E-state index contributed by atoms with van der Waals surface area (Å²) in [6.07, 6.45) is 11.5. The van der Waals surface area contributed by atoms with Gasteiger partial charge in [0.1, 0.15) is 18.1 Å². The number of likely N-dealkylation sites (tertiary alicyclic amines) is 1. The number of hydrogen-bond donors (Lipinski definition) is 2. The van der Waals surface area contributed by atoms with Gasteiger partial charge < -0.3 is 9.72 Å². The van der Waals surface area contributed by atoms with Gasteiger partial charge in [-0.25, -0.2) is 0 Å². The van der Waals surface area contributed by atoms with Crippen LogP contribution in [-0.2, 0) is 0 Å². The summed E-state index contributed by atoms with van der Waals surface area (Å²) in [6, 6.07) is 13.9. The summed E-state index contributed by atoms with van der Waals surface area (Å²) in [6.45, 7) is 3.92. The van der Waals surface area contributed by atoms with Crippen molar-refractivity contribution >= 4 is 21.8 Å². The molecule has 0 aliphatic carbocycles. The van der Waals surface area contributed by atoms with Crippen LogP contribution < -0.4 is 4.74 Å². The van der Waals surface area contributed by atoms with Crippen molar-refractivity contribution in [3.8, 4) is 39.8 Å². The molecule has 0 aromatic carbocycles. The molecule has 6 aromatic heterocycles. The van der Waals surface area contributed by atoms with E-state index in [-0.39, 0.29) is 0 Å². The van der Waals surface area contributed by atoms with Crippen LogP contribution in [0.2, 0.25) is 0 Å². The minimum atomic E-state index is 0.652. The van der Waals surface area contributed by atoms with Crippen LogP contribution in [0.25, 0.3) is 55.8 Å². The number of nitrogens with zero attached hydrogens (tertiary/aromatic N) is 6. The normalized spacial score (nSPS) is 14.0. The maximum Gasteiger partial charge on any atom is 0.138 e. The molecule has 1 aliphatic rings. The molecule has 0 atom stereocenters. The van der Waals surface area contributed by atoms with Crippen LogP contribution in [0.1, 0.15) is 12.8 Å². The molecule has 0 spiro atoms. The Morgan fingerprint density at radius 2 is 1.74 bits per heavy atom. The number of ether oxygens (including phenoxy) is 1. The highest BCUT2D eigenvalue weighted by Gasteiger charge is 2.16. The lowest BCUT2D eigenvalue weighted by molar-refractivity contribution is 0.237. The molecule has 0 unspecified atom stereocenters. The quantitative estimate of drug-likeness (QED) is 0.313. The lowest BCUT2D eigenvalue weighted by Gasteiger charge is -2.15. The van der Waals surface area contributed by atoms with E-state index in [1.807, 2.05) is 48.8 Å². The fourth-order valence-electron chi connectivity index (χ4n) is 5.10. The summed E-state index contributed by atoms with van der Waals surface area (Å²) < 4.78 is 6.01. The van der Waals surface area contributed by atoms with Crippen molar-refractivity contribution in [2.45, 2.75) is 12.8 Å². The second-order valence-corrected chi connectivity index (χ2v) is 9.51. The lowest BCUT2D eigenvalue weighted by Crippen LogP contribution is -2.25. The third-order valence-corrected chi connectivity index (χ3v) is 7.04. The first-order chi connectivity index (χ1) is 18.8. The highest BCUT2D eigenvalue weighted by Crippen LogP contribution is 2.33. The van der Waals surface area contributed by atoms with E-state index in [4.69, 9.17) is 4.74 Å². The summed E-state index contributed by atoms with van der Waals surface area (Å²) >= 11 is 0. The average molecular weight is 503 g/mol. The first kappa shape index (κ1) is 22.6. The Morgan fingerprint density at radius 3 is 2.63 bits per heavy atom. The predicted molar refractivity (Wildman–Crippen MR) is 147 cm³/mol. The summed E-state index contributed by atoms with van der Waals surface area (Å²) in [4.78, 5) is 24.1. The van der Waals surface area contributed by atoms with Crippen molar-refractivity contribution in [3.05, 3.63) is 73.4 Å². The zero-order valence-electron chi connectivity index (χ0n) is 20.8. The molecule has 1 fully saturated rings. The van der Waals surface area contributed by atoms with Crippen molar-refractivity contribution in [2.75, 3.05) is 26.2 Å². The number of pyridine rings is 4. The third kappa shape index (κ3) is 4.26. The Balaban J connectivity index is 1.20. The van der Waals surface area contributed by atoms with Gasteiger partial charge in [0.15, 0.2) is 0 Å². The van der Waals surface area contributed by atoms with Gasteiger partial charge in [-0.3, -0.25) is 29.9 Å². The van der Waals surface area contributed by atoms with Crippen molar-refractivity contribution in [3.63, 3.8) is 0 Å². The summed E-state index contributed by atoms with van der Waals surface area (Å²) in [5, 5.41) is 9.69. The van der Waals surface area contributed by atoms with Crippen LogP contribution in [-0.4, -0.2) is 66.3 Å². The molecule has 188 valence electrons. The van der Waals surface area contributed by atoms with Gasteiger partial charge in [-0.2, -0.15) is 5.10 Å². The number of H-pyrrole nitrogens is 2. The molecule has 0 amide bonds. The molecular weight excluding hydrogens is 476 g/mol. The van der Waals surface area contributed by atoms with E-state index in [1.54, 1.807) is 18.6 Å². The zero-order chi connectivity index (χ0) is 25.3. The number of hydrogen-bond acceptors (Lipinski definition) is 7. The van der Waals surface area contributed by atoms with Gasteiger partial charge in [-0.05, 0) is 62.3 Å².